The largest absolute Gasteiger partial charge is 0.390 e. The molecule has 2 atom stereocenters. The topological polar surface area (TPSA) is 20.2 Å². The van der Waals surface area contributed by atoms with Gasteiger partial charge in [0, 0.05) is 6.42 Å². The molecule has 1 aromatic rings. The van der Waals surface area contributed by atoms with E-state index in [0.29, 0.717) is 22.4 Å². The molecule has 1 aromatic carbocycles. The first-order valence-electron chi connectivity index (χ1n) is 6.15. The van der Waals surface area contributed by atoms with Crippen LogP contribution in [-0.4, -0.2) is 10.7 Å². The van der Waals surface area contributed by atoms with Gasteiger partial charge in [-0.25, -0.2) is 0 Å². The zero-order chi connectivity index (χ0) is 12.5. The van der Waals surface area contributed by atoms with E-state index < -0.39 is 5.60 Å². The highest BCUT2D eigenvalue weighted by molar-refractivity contribution is 6.42. The summed E-state index contributed by atoms with van der Waals surface area (Å²) in [4.78, 5) is 0. The van der Waals surface area contributed by atoms with Crippen LogP contribution in [0.3, 0.4) is 0 Å². The summed E-state index contributed by atoms with van der Waals surface area (Å²) in [7, 11) is 0. The van der Waals surface area contributed by atoms with Gasteiger partial charge < -0.3 is 5.11 Å². The fraction of sp³-hybridized carbons (Fsp3) is 0.571. The Morgan fingerprint density at radius 1 is 1.35 bits per heavy atom. The van der Waals surface area contributed by atoms with Crippen LogP contribution in [0, 0.1) is 5.92 Å². The molecule has 0 saturated heterocycles. The summed E-state index contributed by atoms with van der Waals surface area (Å²) in [5.74, 6) is 0.608. The van der Waals surface area contributed by atoms with Gasteiger partial charge in [-0.05, 0) is 36.5 Å². The van der Waals surface area contributed by atoms with E-state index in [2.05, 4.69) is 6.92 Å². The van der Waals surface area contributed by atoms with Gasteiger partial charge in [0.05, 0.1) is 15.6 Å². The number of rotatable bonds is 2. The molecule has 3 heteroatoms. The summed E-state index contributed by atoms with van der Waals surface area (Å²) >= 11 is 11.9. The van der Waals surface area contributed by atoms with Crippen LogP contribution in [0.15, 0.2) is 18.2 Å². The Balaban J connectivity index is 2.11. The van der Waals surface area contributed by atoms with Crippen LogP contribution < -0.4 is 0 Å². The molecule has 1 nitrogen and oxygen atoms in total. The summed E-state index contributed by atoms with van der Waals surface area (Å²) in [6.07, 6.45) is 4.78. The zero-order valence-electron chi connectivity index (χ0n) is 10.0. The molecule has 0 heterocycles. The third-order valence-corrected chi connectivity index (χ3v) is 4.32. The van der Waals surface area contributed by atoms with E-state index >= 15 is 0 Å². The van der Waals surface area contributed by atoms with Crippen molar-refractivity contribution in [3.8, 4) is 0 Å². The summed E-state index contributed by atoms with van der Waals surface area (Å²) < 4.78 is 0. The quantitative estimate of drug-likeness (QED) is 0.842. The minimum Gasteiger partial charge on any atom is -0.390 e. The second kappa shape index (κ2) is 5.17. The number of hydrogen-bond donors (Lipinski definition) is 1. The van der Waals surface area contributed by atoms with Crippen LogP contribution in [0.1, 0.15) is 38.2 Å². The maximum atomic E-state index is 10.6. The second-order valence-electron chi connectivity index (χ2n) is 5.35. The predicted octanol–water partition coefficient (Wildman–Crippen LogP) is 4.48. The van der Waals surface area contributed by atoms with Crippen molar-refractivity contribution in [1.82, 2.24) is 0 Å². The highest BCUT2D eigenvalue weighted by Gasteiger charge is 2.32. The summed E-state index contributed by atoms with van der Waals surface area (Å²) in [5, 5.41) is 11.7. The predicted molar refractivity (Wildman–Crippen MR) is 72.7 cm³/mol. The summed E-state index contributed by atoms with van der Waals surface area (Å²) in [6.45, 7) is 2.21. The third kappa shape index (κ3) is 3.37. The summed E-state index contributed by atoms with van der Waals surface area (Å²) in [5.41, 5.74) is 0.505. The molecule has 1 fully saturated rings. The molecule has 0 radical (unpaired) electrons. The van der Waals surface area contributed by atoms with E-state index in [1.54, 1.807) is 6.07 Å². The molecule has 1 saturated carbocycles. The molecule has 0 aliphatic heterocycles. The van der Waals surface area contributed by atoms with Gasteiger partial charge in [-0.1, -0.05) is 49.0 Å². The van der Waals surface area contributed by atoms with Gasteiger partial charge in [0.15, 0.2) is 0 Å². The smallest absolute Gasteiger partial charge is 0.0690 e. The maximum absolute atomic E-state index is 10.6. The van der Waals surface area contributed by atoms with Gasteiger partial charge in [-0.3, -0.25) is 0 Å². The van der Waals surface area contributed by atoms with Crippen molar-refractivity contribution in [2.45, 2.75) is 44.6 Å². The summed E-state index contributed by atoms with van der Waals surface area (Å²) in [6, 6.07) is 5.61. The molecule has 1 N–H and O–H groups in total. The van der Waals surface area contributed by atoms with Crippen molar-refractivity contribution in [2.75, 3.05) is 0 Å². The lowest BCUT2D eigenvalue weighted by Crippen LogP contribution is -2.36. The first kappa shape index (κ1) is 13.2. The van der Waals surface area contributed by atoms with Crippen molar-refractivity contribution in [3.63, 3.8) is 0 Å². The van der Waals surface area contributed by atoms with Crippen molar-refractivity contribution in [3.05, 3.63) is 33.8 Å². The molecular weight excluding hydrogens is 255 g/mol. The lowest BCUT2D eigenvalue weighted by atomic mass is 9.76. The van der Waals surface area contributed by atoms with Gasteiger partial charge in [0.2, 0.25) is 0 Å². The molecule has 0 spiro atoms. The van der Waals surface area contributed by atoms with E-state index in [4.69, 9.17) is 23.2 Å². The molecule has 17 heavy (non-hydrogen) atoms. The van der Waals surface area contributed by atoms with E-state index in [1.807, 2.05) is 12.1 Å². The Kier molecular flexibility index (Phi) is 4.02. The second-order valence-corrected chi connectivity index (χ2v) is 6.17. The first-order chi connectivity index (χ1) is 7.98. The van der Waals surface area contributed by atoms with E-state index in [-0.39, 0.29) is 0 Å². The van der Waals surface area contributed by atoms with E-state index in [9.17, 15) is 5.11 Å². The lowest BCUT2D eigenvalue weighted by Gasteiger charge is -2.35. The van der Waals surface area contributed by atoms with Gasteiger partial charge in [0.25, 0.3) is 0 Å². The molecule has 0 bridgehead atoms. The van der Waals surface area contributed by atoms with E-state index in [0.717, 1.165) is 24.8 Å². The van der Waals surface area contributed by atoms with Crippen LogP contribution >= 0.6 is 23.2 Å². The Labute approximate surface area is 113 Å². The number of aliphatic hydroxyl groups is 1. The van der Waals surface area contributed by atoms with Crippen LogP contribution in [0.2, 0.25) is 10.0 Å². The Morgan fingerprint density at radius 3 is 2.76 bits per heavy atom. The fourth-order valence-electron chi connectivity index (χ4n) is 2.82. The third-order valence-electron chi connectivity index (χ3n) is 3.58. The van der Waals surface area contributed by atoms with Gasteiger partial charge in [-0.2, -0.15) is 0 Å². The highest BCUT2D eigenvalue weighted by Crippen LogP contribution is 2.35. The van der Waals surface area contributed by atoms with Crippen molar-refractivity contribution in [1.29, 1.82) is 0 Å². The van der Waals surface area contributed by atoms with Gasteiger partial charge in [0.1, 0.15) is 0 Å². The minimum atomic E-state index is -0.561. The fourth-order valence-corrected chi connectivity index (χ4v) is 3.14. The lowest BCUT2D eigenvalue weighted by molar-refractivity contribution is -0.0123. The zero-order valence-corrected chi connectivity index (χ0v) is 11.6. The molecule has 2 rings (SSSR count). The Morgan fingerprint density at radius 2 is 2.12 bits per heavy atom. The van der Waals surface area contributed by atoms with E-state index in [1.165, 1.54) is 6.42 Å². The van der Waals surface area contributed by atoms with Crippen molar-refractivity contribution >= 4 is 23.2 Å². The Hall–Kier alpha value is -0.240. The number of hydrogen-bond acceptors (Lipinski definition) is 1. The number of benzene rings is 1. The standard InChI is InChI=1S/C14H18Cl2O/c1-10-3-2-6-14(17,8-10)9-11-4-5-12(15)13(16)7-11/h4-5,7,10,17H,2-3,6,8-9H2,1H3. The van der Waals surface area contributed by atoms with Crippen molar-refractivity contribution in [2.24, 2.45) is 5.92 Å². The number of halogens is 2. The SMILES string of the molecule is CC1CCCC(O)(Cc2ccc(Cl)c(Cl)c2)C1. The molecule has 2 unspecified atom stereocenters. The molecule has 1 aliphatic carbocycles. The molecule has 0 amide bonds. The molecule has 1 aliphatic rings. The van der Waals surface area contributed by atoms with Crippen LogP contribution in [0.25, 0.3) is 0 Å². The maximum Gasteiger partial charge on any atom is 0.0690 e. The first-order valence-corrected chi connectivity index (χ1v) is 6.90. The Bertz CT molecular complexity index is 405. The highest BCUT2D eigenvalue weighted by atomic mass is 35.5. The average Bonchev–Trinajstić information content (AvgIpc) is 2.22. The van der Waals surface area contributed by atoms with Gasteiger partial charge in [-0.15, -0.1) is 0 Å². The van der Waals surface area contributed by atoms with Crippen molar-refractivity contribution < 1.29 is 5.11 Å². The van der Waals surface area contributed by atoms with Crippen LogP contribution in [0.5, 0.6) is 0 Å². The normalized spacial score (nSPS) is 29.3. The van der Waals surface area contributed by atoms with Crippen LogP contribution in [0.4, 0.5) is 0 Å². The monoisotopic (exact) mass is 272 g/mol. The van der Waals surface area contributed by atoms with Gasteiger partial charge >= 0.3 is 0 Å². The minimum absolute atomic E-state index is 0.561. The molecule has 0 aromatic heterocycles. The molecule has 94 valence electrons. The molecular formula is C14H18Cl2O. The average molecular weight is 273 g/mol. The van der Waals surface area contributed by atoms with Crippen LogP contribution in [-0.2, 0) is 6.42 Å².